The van der Waals surface area contributed by atoms with Crippen LogP contribution in [0, 0.1) is 0 Å². The summed E-state index contributed by atoms with van der Waals surface area (Å²) in [6.07, 6.45) is 1.35. The zero-order chi connectivity index (χ0) is 17.5. The Labute approximate surface area is 146 Å². The maximum absolute atomic E-state index is 11.8. The monoisotopic (exact) mass is 394 g/mol. The molecule has 2 aromatic rings. The van der Waals surface area contributed by atoms with Crippen LogP contribution in [-0.2, 0) is 14.3 Å². The quantitative estimate of drug-likeness (QED) is 0.732. The molecule has 0 fully saturated rings. The van der Waals surface area contributed by atoms with Crippen molar-refractivity contribution in [3.63, 3.8) is 0 Å². The van der Waals surface area contributed by atoms with Gasteiger partial charge in [-0.2, -0.15) is 0 Å². The molecule has 0 aliphatic carbocycles. The van der Waals surface area contributed by atoms with Gasteiger partial charge >= 0.3 is 5.97 Å². The third kappa shape index (κ3) is 5.24. The Morgan fingerprint density at radius 1 is 1.21 bits per heavy atom. The molecule has 8 heteroatoms. The van der Waals surface area contributed by atoms with Crippen LogP contribution in [0.3, 0.4) is 0 Å². The van der Waals surface area contributed by atoms with E-state index in [2.05, 4.69) is 26.6 Å². The summed E-state index contributed by atoms with van der Waals surface area (Å²) in [6.45, 7) is 1.01. The van der Waals surface area contributed by atoms with E-state index < -0.39 is 30.4 Å². The Bertz CT molecular complexity index is 713. The molecule has 0 unspecified atom stereocenters. The number of amides is 2. The van der Waals surface area contributed by atoms with Crippen LogP contribution in [0.15, 0.2) is 51.6 Å². The summed E-state index contributed by atoms with van der Waals surface area (Å²) in [5.74, 6) is -1.65. The first kappa shape index (κ1) is 17.7. The maximum atomic E-state index is 11.8. The van der Waals surface area contributed by atoms with E-state index >= 15 is 0 Å². The molecule has 1 atom stereocenters. The molecule has 24 heavy (non-hydrogen) atoms. The molecule has 1 aromatic heterocycles. The smallest absolute Gasteiger partial charge is 0.328 e. The average molecular weight is 395 g/mol. The van der Waals surface area contributed by atoms with Gasteiger partial charge in [0.2, 0.25) is 0 Å². The number of ether oxygens (including phenoxy) is 1. The fourth-order valence-electron chi connectivity index (χ4n) is 1.73. The molecule has 0 aliphatic rings. The zero-order valence-corrected chi connectivity index (χ0v) is 14.3. The maximum Gasteiger partial charge on any atom is 0.328 e. The summed E-state index contributed by atoms with van der Waals surface area (Å²) < 4.78 is 10.7. The largest absolute Gasteiger partial charge is 0.459 e. The number of carbonyl (C=O) groups is 3. The fraction of sp³-hybridized carbons (Fsp3) is 0.188. The second-order valence-corrected chi connectivity index (χ2v) is 5.75. The molecule has 2 N–H and O–H groups in total. The minimum absolute atomic E-state index is 0.0858. The van der Waals surface area contributed by atoms with Crippen molar-refractivity contribution in [3.05, 3.63) is 52.9 Å². The van der Waals surface area contributed by atoms with E-state index in [-0.39, 0.29) is 5.76 Å². The molecule has 0 aliphatic heterocycles. The Morgan fingerprint density at radius 2 is 1.92 bits per heavy atom. The normalized spacial score (nSPS) is 11.4. The van der Waals surface area contributed by atoms with Gasteiger partial charge in [0.15, 0.2) is 12.4 Å². The Kier molecular flexibility index (Phi) is 6.14. The second kappa shape index (κ2) is 8.30. The first-order valence-electron chi connectivity index (χ1n) is 7.02. The molecular weight excluding hydrogens is 380 g/mol. The summed E-state index contributed by atoms with van der Waals surface area (Å²) in [6, 6.07) is 9.07. The lowest BCUT2D eigenvalue weighted by atomic mass is 10.3. The standard InChI is InChI=1S/C16H15BrN2O5/c1-10(18-15(21)13-3-2-8-23-13)16(22)24-9-14(20)19-12-6-4-11(17)5-7-12/h2-8,10H,9H2,1H3,(H,18,21)(H,19,20)/t10-/m0/s1. The lowest BCUT2D eigenvalue weighted by molar-refractivity contribution is -0.148. The van der Waals surface area contributed by atoms with E-state index in [1.54, 1.807) is 30.3 Å². The van der Waals surface area contributed by atoms with Crippen molar-refractivity contribution < 1.29 is 23.5 Å². The van der Waals surface area contributed by atoms with E-state index in [1.807, 2.05) is 0 Å². The highest BCUT2D eigenvalue weighted by atomic mass is 79.9. The third-order valence-corrected chi connectivity index (χ3v) is 3.45. The molecule has 7 nitrogen and oxygen atoms in total. The lowest BCUT2D eigenvalue weighted by Gasteiger charge is -2.12. The summed E-state index contributed by atoms with van der Waals surface area (Å²) in [5, 5.41) is 5.00. The SMILES string of the molecule is C[C@H](NC(=O)c1ccco1)C(=O)OCC(=O)Nc1ccc(Br)cc1. The average Bonchev–Trinajstić information content (AvgIpc) is 3.09. The van der Waals surface area contributed by atoms with Crippen LogP contribution in [0.4, 0.5) is 5.69 Å². The lowest BCUT2D eigenvalue weighted by Crippen LogP contribution is -2.40. The van der Waals surface area contributed by atoms with Crippen molar-refractivity contribution in [2.45, 2.75) is 13.0 Å². The number of hydrogen-bond acceptors (Lipinski definition) is 5. The van der Waals surface area contributed by atoms with Crippen LogP contribution in [0.1, 0.15) is 17.5 Å². The first-order chi connectivity index (χ1) is 11.5. The number of furan rings is 1. The number of nitrogens with one attached hydrogen (secondary N) is 2. The highest BCUT2D eigenvalue weighted by molar-refractivity contribution is 9.10. The van der Waals surface area contributed by atoms with Crippen LogP contribution >= 0.6 is 15.9 Å². The number of halogens is 1. The van der Waals surface area contributed by atoms with Gasteiger partial charge in [0.25, 0.3) is 11.8 Å². The van der Waals surface area contributed by atoms with Crippen molar-refractivity contribution >= 4 is 39.4 Å². The van der Waals surface area contributed by atoms with Gasteiger partial charge in [-0.15, -0.1) is 0 Å². The Hall–Kier alpha value is -2.61. The van der Waals surface area contributed by atoms with Crippen molar-refractivity contribution in [1.82, 2.24) is 5.32 Å². The van der Waals surface area contributed by atoms with Crippen molar-refractivity contribution in [2.24, 2.45) is 0 Å². The van der Waals surface area contributed by atoms with Gasteiger partial charge < -0.3 is 19.8 Å². The van der Waals surface area contributed by atoms with E-state index in [9.17, 15) is 14.4 Å². The molecule has 0 spiro atoms. The summed E-state index contributed by atoms with van der Waals surface area (Å²) in [7, 11) is 0. The second-order valence-electron chi connectivity index (χ2n) is 4.84. The molecule has 0 saturated heterocycles. The van der Waals surface area contributed by atoms with E-state index in [4.69, 9.17) is 9.15 Å². The summed E-state index contributed by atoms with van der Waals surface area (Å²) in [4.78, 5) is 35.3. The van der Waals surface area contributed by atoms with Crippen molar-refractivity contribution in [2.75, 3.05) is 11.9 Å². The molecule has 2 rings (SSSR count). The van der Waals surface area contributed by atoms with E-state index in [1.165, 1.54) is 19.3 Å². The van der Waals surface area contributed by atoms with Gasteiger partial charge in [-0.05, 0) is 43.3 Å². The van der Waals surface area contributed by atoms with Crippen molar-refractivity contribution in [3.8, 4) is 0 Å². The zero-order valence-electron chi connectivity index (χ0n) is 12.7. The van der Waals surface area contributed by atoms with Gasteiger partial charge in [-0.25, -0.2) is 4.79 Å². The first-order valence-corrected chi connectivity index (χ1v) is 7.81. The number of carbonyl (C=O) groups excluding carboxylic acids is 3. The number of anilines is 1. The molecule has 2 amide bonds. The molecule has 1 heterocycles. The summed E-state index contributed by atoms with van der Waals surface area (Å²) >= 11 is 3.29. The van der Waals surface area contributed by atoms with Gasteiger partial charge in [-0.1, -0.05) is 15.9 Å². The van der Waals surface area contributed by atoms with E-state index in [0.717, 1.165) is 4.47 Å². The minimum atomic E-state index is -0.914. The van der Waals surface area contributed by atoms with Crippen LogP contribution in [0.25, 0.3) is 0 Å². The Morgan fingerprint density at radius 3 is 2.54 bits per heavy atom. The predicted molar refractivity (Wildman–Crippen MR) is 89.4 cm³/mol. The van der Waals surface area contributed by atoms with Gasteiger partial charge in [0, 0.05) is 10.2 Å². The molecule has 0 radical (unpaired) electrons. The minimum Gasteiger partial charge on any atom is -0.459 e. The van der Waals surface area contributed by atoms with E-state index in [0.29, 0.717) is 5.69 Å². The Balaban J connectivity index is 1.76. The fourth-order valence-corrected chi connectivity index (χ4v) is 1.99. The highest BCUT2D eigenvalue weighted by Crippen LogP contribution is 2.13. The third-order valence-electron chi connectivity index (χ3n) is 2.92. The van der Waals surface area contributed by atoms with Crippen LogP contribution in [0.5, 0.6) is 0 Å². The summed E-state index contributed by atoms with van der Waals surface area (Å²) in [5.41, 5.74) is 0.582. The molecule has 126 valence electrons. The molecule has 0 bridgehead atoms. The van der Waals surface area contributed by atoms with Crippen LogP contribution in [-0.4, -0.2) is 30.4 Å². The number of rotatable bonds is 6. The topological polar surface area (TPSA) is 97.6 Å². The molecule has 0 saturated carbocycles. The molecular formula is C16H15BrN2O5. The predicted octanol–water partition coefficient (Wildman–Crippen LogP) is 2.34. The number of hydrogen-bond donors (Lipinski definition) is 2. The van der Waals surface area contributed by atoms with Gasteiger partial charge in [-0.3, -0.25) is 9.59 Å². The van der Waals surface area contributed by atoms with Crippen molar-refractivity contribution in [1.29, 1.82) is 0 Å². The van der Waals surface area contributed by atoms with Gasteiger partial charge in [0.1, 0.15) is 6.04 Å². The van der Waals surface area contributed by atoms with Gasteiger partial charge in [0.05, 0.1) is 6.26 Å². The van der Waals surface area contributed by atoms with Crippen LogP contribution < -0.4 is 10.6 Å². The number of benzene rings is 1. The van der Waals surface area contributed by atoms with Crippen LogP contribution in [0.2, 0.25) is 0 Å². The highest BCUT2D eigenvalue weighted by Gasteiger charge is 2.20. The number of esters is 1. The molecule has 1 aromatic carbocycles.